The van der Waals surface area contributed by atoms with Gasteiger partial charge in [-0.25, -0.2) is 19.5 Å². The van der Waals surface area contributed by atoms with E-state index in [1.54, 1.807) is 0 Å². The standard InChI is InChI=1S/C12H15N5O5.H3O4P/c1-5(19)12(9(21)8(20)6(2-18)22-12)17-4-16-7-10(13)14-3-15-11(7)17;1-5(2,3)4/h3-4,6,8-9,18,20-21H,2H2,1H3,(H2,13,14,15);(H3,1,2,3,4)/t6-,8-,9-,12-;/m1./s1. The fourth-order valence-corrected chi connectivity index (χ4v) is 2.71. The molecule has 1 aliphatic rings. The summed E-state index contributed by atoms with van der Waals surface area (Å²) in [5.74, 6) is -0.472. The summed E-state index contributed by atoms with van der Waals surface area (Å²) in [7, 11) is -4.64. The average Bonchev–Trinajstić information content (AvgIpc) is 3.08. The molecule has 3 rings (SSSR count). The Balaban J connectivity index is 0.000000465. The third-order valence-electron chi connectivity index (χ3n) is 3.84. The Morgan fingerprint density at radius 2 is 1.93 bits per heavy atom. The number of carbonyl (C=O) groups is 1. The molecular weight excluding hydrogens is 389 g/mol. The second-order valence-corrected chi connectivity index (χ2v) is 6.61. The number of ether oxygens (including phenoxy) is 1. The largest absolute Gasteiger partial charge is 0.466 e. The summed E-state index contributed by atoms with van der Waals surface area (Å²) < 4.78 is 15.6. The second-order valence-electron chi connectivity index (χ2n) is 5.59. The van der Waals surface area contributed by atoms with Gasteiger partial charge in [-0.1, -0.05) is 0 Å². The number of nitrogen functional groups attached to an aromatic ring is 1. The number of ketones is 1. The number of nitrogens with two attached hydrogens (primary N) is 1. The van der Waals surface area contributed by atoms with Gasteiger partial charge >= 0.3 is 7.82 Å². The molecule has 0 aromatic carbocycles. The predicted molar refractivity (Wildman–Crippen MR) is 86.6 cm³/mol. The molecule has 4 atom stereocenters. The summed E-state index contributed by atoms with van der Waals surface area (Å²) in [6.07, 6.45) is -1.74. The van der Waals surface area contributed by atoms with Crippen LogP contribution in [0.3, 0.4) is 0 Å². The first-order valence-electron chi connectivity index (χ1n) is 7.31. The van der Waals surface area contributed by atoms with Crippen LogP contribution in [-0.2, 0) is 19.8 Å². The number of imidazole rings is 1. The van der Waals surface area contributed by atoms with E-state index in [0.29, 0.717) is 0 Å². The number of aliphatic hydroxyl groups is 3. The third-order valence-corrected chi connectivity index (χ3v) is 3.84. The van der Waals surface area contributed by atoms with Crippen molar-refractivity contribution in [1.29, 1.82) is 0 Å². The highest BCUT2D eigenvalue weighted by Crippen LogP contribution is 2.38. The summed E-state index contributed by atoms with van der Waals surface area (Å²) in [5.41, 5.74) is 4.17. The SMILES string of the molecule is CC(=O)[C@@]1(n2cnc3c(N)ncnc32)O[C@H](CO)[C@@H](O)[C@H]1O.O=P(O)(O)O. The molecule has 3 heterocycles. The van der Waals surface area contributed by atoms with Crippen LogP contribution in [0, 0.1) is 0 Å². The molecule has 2 aromatic rings. The van der Waals surface area contributed by atoms with E-state index in [-0.39, 0.29) is 17.0 Å². The van der Waals surface area contributed by atoms with Crippen LogP contribution in [0.5, 0.6) is 0 Å². The number of Topliss-reactive ketones (excluding diaryl/α,β-unsaturated/α-hetero) is 1. The molecule has 15 heteroatoms. The maximum Gasteiger partial charge on any atom is 0.466 e. The summed E-state index contributed by atoms with van der Waals surface area (Å²) >= 11 is 0. The molecule has 0 saturated carbocycles. The zero-order valence-corrected chi connectivity index (χ0v) is 14.7. The van der Waals surface area contributed by atoms with Crippen molar-refractivity contribution in [3.8, 4) is 0 Å². The Bertz CT molecular complexity index is 877. The van der Waals surface area contributed by atoms with Crippen molar-refractivity contribution < 1.29 is 44.1 Å². The maximum absolute atomic E-state index is 12.2. The van der Waals surface area contributed by atoms with Gasteiger partial charge in [0.1, 0.15) is 36.5 Å². The molecule has 0 radical (unpaired) electrons. The van der Waals surface area contributed by atoms with Gasteiger partial charge in [-0.2, -0.15) is 0 Å². The highest BCUT2D eigenvalue weighted by molar-refractivity contribution is 7.45. The Morgan fingerprint density at radius 3 is 2.41 bits per heavy atom. The second kappa shape index (κ2) is 7.53. The first-order valence-corrected chi connectivity index (χ1v) is 8.88. The Labute approximate surface area is 151 Å². The molecule has 1 aliphatic heterocycles. The lowest BCUT2D eigenvalue weighted by molar-refractivity contribution is -0.171. The molecule has 14 nitrogen and oxygen atoms in total. The molecule has 27 heavy (non-hydrogen) atoms. The maximum atomic E-state index is 12.2. The van der Waals surface area contributed by atoms with Gasteiger partial charge in [-0.3, -0.25) is 9.36 Å². The fourth-order valence-electron chi connectivity index (χ4n) is 2.71. The van der Waals surface area contributed by atoms with E-state index < -0.39 is 44.2 Å². The van der Waals surface area contributed by atoms with E-state index in [0.717, 1.165) is 0 Å². The topological polar surface area (TPSA) is 234 Å². The van der Waals surface area contributed by atoms with Crippen LogP contribution in [0.4, 0.5) is 5.82 Å². The van der Waals surface area contributed by atoms with E-state index in [9.17, 15) is 20.1 Å². The highest BCUT2D eigenvalue weighted by Gasteiger charge is 2.59. The number of aromatic nitrogens is 4. The number of hydrogen-bond donors (Lipinski definition) is 7. The molecule has 150 valence electrons. The van der Waals surface area contributed by atoms with Crippen molar-refractivity contribution >= 4 is 30.6 Å². The van der Waals surface area contributed by atoms with Crippen LogP contribution in [0.1, 0.15) is 6.92 Å². The number of fused-ring (bicyclic) bond motifs is 1. The first kappa shape index (κ1) is 21.3. The zero-order valence-electron chi connectivity index (χ0n) is 13.8. The quantitative estimate of drug-likeness (QED) is 0.249. The minimum absolute atomic E-state index is 0.106. The van der Waals surface area contributed by atoms with Crippen LogP contribution in [0.15, 0.2) is 12.7 Å². The number of rotatable bonds is 3. The van der Waals surface area contributed by atoms with Crippen LogP contribution in [-0.4, -0.2) is 80.2 Å². The van der Waals surface area contributed by atoms with Crippen molar-refractivity contribution in [3.63, 3.8) is 0 Å². The number of phosphoric acid groups is 1. The third kappa shape index (κ3) is 3.97. The molecule has 2 aromatic heterocycles. The lowest BCUT2D eigenvalue weighted by Gasteiger charge is -2.30. The van der Waals surface area contributed by atoms with Gasteiger partial charge in [0.25, 0.3) is 0 Å². The summed E-state index contributed by atoms with van der Waals surface area (Å²) in [6.45, 7) is 0.642. The van der Waals surface area contributed by atoms with E-state index in [1.807, 2.05) is 0 Å². The number of aliphatic hydroxyl groups excluding tert-OH is 3. The Hall–Kier alpha value is -2.03. The minimum atomic E-state index is -4.64. The molecule has 0 spiro atoms. The van der Waals surface area contributed by atoms with Gasteiger partial charge in [-0.15, -0.1) is 0 Å². The highest BCUT2D eigenvalue weighted by atomic mass is 31.2. The molecule has 0 bridgehead atoms. The van der Waals surface area contributed by atoms with E-state index in [2.05, 4.69) is 15.0 Å². The van der Waals surface area contributed by atoms with Gasteiger partial charge in [0.05, 0.1) is 6.61 Å². The van der Waals surface area contributed by atoms with Gasteiger partial charge < -0.3 is 40.5 Å². The van der Waals surface area contributed by atoms with Crippen LogP contribution < -0.4 is 5.73 Å². The summed E-state index contributed by atoms with van der Waals surface area (Å²) in [5, 5.41) is 29.6. The number of nitrogens with zero attached hydrogens (tertiary/aromatic N) is 4. The predicted octanol–water partition coefficient (Wildman–Crippen LogP) is -3.17. The average molecular weight is 407 g/mol. The number of hydrogen-bond acceptors (Lipinski definition) is 10. The van der Waals surface area contributed by atoms with Gasteiger partial charge in [0.2, 0.25) is 5.72 Å². The molecule has 8 N–H and O–H groups in total. The zero-order chi connectivity index (χ0) is 20.6. The van der Waals surface area contributed by atoms with Crippen LogP contribution in [0.2, 0.25) is 0 Å². The van der Waals surface area contributed by atoms with Gasteiger partial charge in [0, 0.05) is 0 Å². The smallest absolute Gasteiger partial charge is 0.394 e. The molecule has 1 saturated heterocycles. The molecule has 1 fully saturated rings. The lowest BCUT2D eigenvalue weighted by atomic mass is 9.99. The van der Waals surface area contributed by atoms with Crippen molar-refractivity contribution in [2.24, 2.45) is 0 Å². The molecule has 0 unspecified atom stereocenters. The lowest BCUT2D eigenvalue weighted by Crippen LogP contribution is -2.50. The molecule has 0 amide bonds. The molecular formula is C12H18N5O9P. The van der Waals surface area contributed by atoms with E-state index in [4.69, 9.17) is 29.7 Å². The summed E-state index contributed by atoms with van der Waals surface area (Å²) in [6, 6.07) is 0. The van der Waals surface area contributed by atoms with Crippen LogP contribution >= 0.6 is 7.82 Å². The number of anilines is 1. The first-order chi connectivity index (χ1) is 12.4. The number of carbonyl (C=O) groups excluding carboxylic acids is 1. The van der Waals surface area contributed by atoms with Gasteiger partial charge in [-0.05, 0) is 6.92 Å². The summed E-state index contributed by atoms with van der Waals surface area (Å²) in [4.78, 5) is 45.6. The van der Waals surface area contributed by atoms with Crippen molar-refractivity contribution in [2.75, 3.05) is 12.3 Å². The Kier molecular flexibility index (Phi) is 5.94. The fraction of sp³-hybridized carbons (Fsp3) is 0.500. The Morgan fingerprint density at radius 1 is 1.33 bits per heavy atom. The molecule has 0 aliphatic carbocycles. The van der Waals surface area contributed by atoms with Crippen molar-refractivity contribution in [3.05, 3.63) is 12.7 Å². The monoisotopic (exact) mass is 407 g/mol. The van der Waals surface area contributed by atoms with Crippen molar-refractivity contribution in [2.45, 2.75) is 31.0 Å². The van der Waals surface area contributed by atoms with Crippen molar-refractivity contribution in [1.82, 2.24) is 19.5 Å². The van der Waals surface area contributed by atoms with Gasteiger partial charge in [0.15, 0.2) is 17.2 Å². The van der Waals surface area contributed by atoms with Crippen LogP contribution in [0.25, 0.3) is 11.2 Å². The normalized spacial score (nSPS) is 28.0. The minimum Gasteiger partial charge on any atom is -0.394 e. The van der Waals surface area contributed by atoms with E-state index in [1.165, 1.54) is 24.1 Å². The van der Waals surface area contributed by atoms with E-state index >= 15 is 0 Å².